The fraction of sp³-hybridized carbons (Fsp3) is 1.00. The number of rotatable bonds is 9. The van der Waals surface area contributed by atoms with Crippen LogP contribution in [0.1, 0.15) is 26.7 Å². The van der Waals surface area contributed by atoms with Gasteiger partial charge in [0.2, 0.25) is 0 Å². The minimum absolute atomic E-state index is 0.0730. The van der Waals surface area contributed by atoms with Crippen LogP contribution in [0.2, 0.25) is 19.1 Å². The molecule has 0 aromatic rings. The van der Waals surface area contributed by atoms with Crippen molar-refractivity contribution in [2.75, 3.05) is 27.8 Å². The predicted molar refractivity (Wildman–Crippen MR) is 80.9 cm³/mol. The zero-order valence-electron chi connectivity index (χ0n) is 13.3. The molecule has 0 amide bonds. The molecule has 19 heavy (non-hydrogen) atoms. The van der Waals surface area contributed by atoms with Crippen LogP contribution in [0.15, 0.2) is 0 Å². The Morgan fingerprint density at radius 3 is 2.11 bits per heavy atom. The molecule has 0 N–H and O–H groups in total. The highest BCUT2D eigenvalue weighted by molar-refractivity contribution is 7.81. The van der Waals surface area contributed by atoms with Crippen LogP contribution >= 0.6 is 0 Å². The SMILES string of the molecule is COS(=O)(=O)OCCC(C)(C)CC[Si](C)(C)N(C)C. The van der Waals surface area contributed by atoms with Crippen LogP contribution in [-0.2, 0) is 18.8 Å². The largest absolute Gasteiger partial charge is 0.399 e. The summed E-state index contributed by atoms with van der Waals surface area (Å²) in [4.78, 5) is 0. The van der Waals surface area contributed by atoms with Crippen molar-refractivity contribution < 1.29 is 16.8 Å². The summed E-state index contributed by atoms with van der Waals surface area (Å²) in [7, 11) is 0.246. The second kappa shape index (κ2) is 7.17. The third-order valence-electron chi connectivity index (χ3n) is 3.83. The molecule has 0 spiro atoms. The highest BCUT2D eigenvalue weighted by Crippen LogP contribution is 2.30. The van der Waals surface area contributed by atoms with Gasteiger partial charge in [0.15, 0.2) is 0 Å². The lowest BCUT2D eigenvalue weighted by Gasteiger charge is -2.34. The van der Waals surface area contributed by atoms with E-state index in [0.29, 0.717) is 6.42 Å². The van der Waals surface area contributed by atoms with E-state index in [1.807, 2.05) is 0 Å². The molecule has 5 nitrogen and oxygen atoms in total. The molecule has 0 radical (unpaired) electrons. The van der Waals surface area contributed by atoms with Gasteiger partial charge in [0.05, 0.1) is 13.7 Å². The Morgan fingerprint density at radius 1 is 1.16 bits per heavy atom. The van der Waals surface area contributed by atoms with E-state index >= 15 is 0 Å². The smallest absolute Gasteiger partial charge is 0.329 e. The van der Waals surface area contributed by atoms with E-state index in [9.17, 15) is 8.42 Å². The molecule has 0 unspecified atom stereocenters. The molecule has 7 heteroatoms. The van der Waals surface area contributed by atoms with Gasteiger partial charge in [0, 0.05) is 0 Å². The van der Waals surface area contributed by atoms with Crippen LogP contribution < -0.4 is 0 Å². The molecule has 0 fully saturated rings. The van der Waals surface area contributed by atoms with E-state index in [0.717, 1.165) is 13.5 Å². The van der Waals surface area contributed by atoms with Gasteiger partial charge in [-0.3, -0.25) is 4.18 Å². The van der Waals surface area contributed by atoms with E-state index in [-0.39, 0.29) is 12.0 Å². The molecule has 0 bridgehead atoms. The van der Waals surface area contributed by atoms with Gasteiger partial charge >= 0.3 is 10.4 Å². The van der Waals surface area contributed by atoms with Gasteiger partial charge in [-0.25, -0.2) is 4.18 Å². The van der Waals surface area contributed by atoms with Gasteiger partial charge in [0.1, 0.15) is 8.24 Å². The van der Waals surface area contributed by atoms with Crippen molar-refractivity contribution in [2.24, 2.45) is 5.41 Å². The van der Waals surface area contributed by atoms with Gasteiger partial charge in [-0.1, -0.05) is 26.9 Å². The summed E-state index contributed by atoms with van der Waals surface area (Å²) in [6.45, 7) is 9.16. The average molecular weight is 312 g/mol. The van der Waals surface area contributed by atoms with Crippen molar-refractivity contribution >= 4 is 18.6 Å². The summed E-state index contributed by atoms with van der Waals surface area (Å²) in [6, 6.07) is 1.18. The first kappa shape index (κ1) is 19.0. The van der Waals surface area contributed by atoms with Crippen LogP contribution in [0.5, 0.6) is 0 Å². The Bertz CT molecular complexity index is 366. The van der Waals surface area contributed by atoms with Crippen LogP contribution in [0.3, 0.4) is 0 Å². The van der Waals surface area contributed by atoms with Gasteiger partial charge in [0.25, 0.3) is 0 Å². The van der Waals surface area contributed by atoms with Gasteiger partial charge in [-0.2, -0.15) is 8.42 Å². The van der Waals surface area contributed by atoms with Crippen molar-refractivity contribution in [3.8, 4) is 0 Å². The first-order valence-corrected chi connectivity index (χ1v) is 11.0. The average Bonchev–Trinajstić information content (AvgIpc) is 2.26. The molecule has 116 valence electrons. The lowest BCUT2D eigenvalue weighted by Crippen LogP contribution is -2.44. The highest BCUT2D eigenvalue weighted by atomic mass is 32.3. The normalized spacial score (nSPS) is 14.1. The molecular formula is C12H29NO4SSi. The van der Waals surface area contributed by atoms with E-state index < -0.39 is 18.6 Å². The molecule has 0 atom stereocenters. The first-order chi connectivity index (χ1) is 8.42. The second-order valence-electron chi connectivity index (χ2n) is 6.52. The third-order valence-corrected chi connectivity index (χ3v) is 8.59. The Hall–Kier alpha value is 0.0469. The molecular weight excluding hydrogens is 282 g/mol. The molecule has 0 heterocycles. The maximum Gasteiger partial charge on any atom is 0.399 e. The molecule has 0 saturated carbocycles. The Kier molecular flexibility index (Phi) is 7.19. The van der Waals surface area contributed by atoms with Crippen molar-refractivity contribution in [2.45, 2.75) is 45.8 Å². The van der Waals surface area contributed by atoms with Crippen molar-refractivity contribution in [3.05, 3.63) is 0 Å². The zero-order chi connectivity index (χ0) is 15.3. The molecule has 0 aliphatic carbocycles. The van der Waals surface area contributed by atoms with Crippen LogP contribution in [0, 0.1) is 5.41 Å². The Morgan fingerprint density at radius 2 is 1.68 bits per heavy atom. The summed E-state index contributed by atoms with van der Waals surface area (Å²) < 4.78 is 33.4. The van der Waals surface area contributed by atoms with Gasteiger partial charge < -0.3 is 4.57 Å². The summed E-state index contributed by atoms with van der Waals surface area (Å²) in [6.07, 6.45) is 1.77. The monoisotopic (exact) mass is 311 g/mol. The standard InChI is InChI=1S/C12H29NO4SSi/c1-12(2,8-10-17-18(14,15)16-5)9-11-19(6,7)13(3)4/h8-11H2,1-7H3. The van der Waals surface area contributed by atoms with Crippen molar-refractivity contribution in [1.29, 1.82) is 0 Å². The topological polar surface area (TPSA) is 55.8 Å². The first-order valence-electron chi connectivity index (χ1n) is 6.54. The van der Waals surface area contributed by atoms with Crippen molar-refractivity contribution in [3.63, 3.8) is 0 Å². The maximum absolute atomic E-state index is 11.0. The second-order valence-corrected chi connectivity index (χ2v) is 12.9. The highest BCUT2D eigenvalue weighted by Gasteiger charge is 2.28. The quantitative estimate of drug-likeness (QED) is 0.612. The summed E-state index contributed by atoms with van der Waals surface area (Å²) in [5, 5.41) is 0. The summed E-state index contributed by atoms with van der Waals surface area (Å²) in [5.41, 5.74) is 0.0730. The fourth-order valence-electron chi connectivity index (χ4n) is 1.46. The number of hydrogen-bond acceptors (Lipinski definition) is 5. The van der Waals surface area contributed by atoms with E-state index in [2.05, 4.69) is 49.8 Å². The maximum atomic E-state index is 11.0. The lowest BCUT2D eigenvalue weighted by molar-refractivity contribution is 0.195. The number of hydrogen-bond donors (Lipinski definition) is 0. The Labute approximate surface area is 119 Å². The van der Waals surface area contributed by atoms with Gasteiger partial charge in [-0.05, 0) is 38.4 Å². The molecule has 0 aromatic carbocycles. The minimum Gasteiger partial charge on any atom is -0.329 e. The molecule has 0 aromatic heterocycles. The molecule has 0 aliphatic rings. The zero-order valence-corrected chi connectivity index (χ0v) is 15.1. The fourth-order valence-corrected chi connectivity index (χ4v) is 3.58. The van der Waals surface area contributed by atoms with Crippen LogP contribution in [-0.4, -0.2) is 49.0 Å². The summed E-state index contributed by atoms with van der Waals surface area (Å²) >= 11 is 0. The van der Waals surface area contributed by atoms with Crippen LogP contribution in [0.4, 0.5) is 0 Å². The number of nitrogens with zero attached hydrogens (tertiary/aromatic N) is 1. The van der Waals surface area contributed by atoms with E-state index in [4.69, 9.17) is 4.18 Å². The third kappa shape index (κ3) is 8.04. The molecule has 0 aliphatic heterocycles. The van der Waals surface area contributed by atoms with Crippen molar-refractivity contribution in [1.82, 2.24) is 4.57 Å². The minimum atomic E-state index is -3.80. The Balaban J connectivity index is 4.20. The predicted octanol–water partition coefficient (Wildman–Crippen LogP) is 2.47. The van der Waals surface area contributed by atoms with E-state index in [1.165, 1.54) is 6.04 Å². The molecule has 0 rings (SSSR count). The molecule has 0 saturated heterocycles. The van der Waals surface area contributed by atoms with Crippen LogP contribution in [0.25, 0.3) is 0 Å². The van der Waals surface area contributed by atoms with Gasteiger partial charge in [-0.15, -0.1) is 0 Å². The summed E-state index contributed by atoms with van der Waals surface area (Å²) in [5.74, 6) is 0. The van der Waals surface area contributed by atoms with E-state index in [1.54, 1.807) is 0 Å². The lowest BCUT2D eigenvalue weighted by atomic mass is 9.87.